The van der Waals surface area contributed by atoms with Crippen molar-refractivity contribution in [3.63, 3.8) is 0 Å². The molecule has 100 valence electrons. The molecule has 0 spiro atoms. The summed E-state index contributed by atoms with van der Waals surface area (Å²) in [6.45, 7) is 1.91. The van der Waals surface area contributed by atoms with Crippen molar-refractivity contribution < 1.29 is 4.39 Å². The van der Waals surface area contributed by atoms with Crippen LogP contribution in [0.25, 0.3) is 0 Å². The van der Waals surface area contributed by atoms with E-state index < -0.39 is 0 Å². The number of benzene rings is 2. The molecule has 19 heavy (non-hydrogen) atoms. The molecule has 0 aliphatic carbocycles. The van der Waals surface area contributed by atoms with Gasteiger partial charge in [-0.25, -0.2) is 4.39 Å². The van der Waals surface area contributed by atoms with Crippen LogP contribution in [-0.2, 0) is 6.42 Å². The molecule has 0 aromatic heterocycles. The summed E-state index contributed by atoms with van der Waals surface area (Å²) in [7, 11) is 0. The third-order valence-electron chi connectivity index (χ3n) is 3.10. The van der Waals surface area contributed by atoms with Crippen LogP contribution in [0.2, 0.25) is 10.0 Å². The minimum absolute atomic E-state index is 0.314. The maximum absolute atomic E-state index is 13.7. The van der Waals surface area contributed by atoms with Gasteiger partial charge in [0, 0.05) is 21.7 Å². The molecule has 1 unspecified atom stereocenters. The van der Waals surface area contributed by atoms with Crippen LogP contribution in [0.3, 0.4) is 0 Å². The fourth-order valence-corrected chi connectivity index (χ4v) is 2.32. The standard InChI is InChI=1S/C15H14Cl2FN/c1-9-7-10(5-6-12(9)16)15(19)8-11-13(17)3-2-4-14(11)18/h2-7,15H,8,19H2,1H3. The van der Waals surface area contributed by atoms with Crippen molar-refractivity contribution in [3.8, 4) is 0 Å². The van der Waals surface area contributed by atoms with E-state index in [0.717, 1.165) is 11.1 Å². The predicted molar refractivity (Wildman–Crippen MR) is 78.2 cm³/mol. The Labute approximate surface area is 122 Å². The topological polar surface area (TPSA) is 26.0 Å². The smallest absolute Gasteiger partial charge is 0.127 e. The Morgan fingerprint density at radius 2 is 1.89 bits per heavy atom. The highest BCUT2D eigenvalue weighted by atomic mass is 35.5. The fraction of sp³-hybridized carbons (Fsp3) is 0.200. The molecule has 0 aliphatic heterocycles. The van der Waals surface area contributed by atoms with Gasteiger partial charge >= 0.3 is 0 Å². The van der Waals surface area contributed by atoms with E-state index in [1.807, 2.05) is 19.1 Å². The molecule has 0 radical (unpaired) electrons. The van der Waals surface area contributed by atoms with Gasteiger partial charge in [0.1, 0.15) is 5.82 Å². The van der Waals surface area contributed by atoms with Gasteiger partial charge in [-0.3, -0.25) is 0 Å². The van der Waals surface area contributed by atoms with Crippen molar-refractivity contribution in [1.82, 2.24) is 0 Å². The molecule has 1 nitrogen and oxygen atoms in total. The average molecular weight is 298 g/mol. The molecule has 0 fully saturated rings. The summed E-state index contributed by atoms with van der Waals surface area (Å²) in [4.78, 5) is 0. The first-order chi connectivity index (χ1) is 8.99. The molecular formula is C15H14Cl2FN. The third kappa shape index (κ3) is 3.27. The number of hydrogen-bond acceptors (Lipinski definition) is 1. The summed E-state index contributed by atoms with van der Waals surface area (Å²) in [6, 6.07) is 9.90. The Kier molecular flexibility index (Phi) is 4.46. The van der Waals surface area contributed by atoms with E-state index >= 15 is 0 Å². The maximum atomic E-state index is 13.7. The molecule has 0 aliphatic rings. The first-order valence-corrected chi connectivity index (χ1v) is 6.69. The van der Waals surface area contributed by atoms with Gasteiger partial charge in [-0.1, -0.05) is 41.4 Å². The van der Waals surface area contributed by atoms with Gasteiger partial charge < -0.3 is 5.73 Å². The fourth-order valence-electron chi connectivity index (χ4n) is 1.96. The largest absolute Gasteiger partial charge is 0.324 e. The van der Waals surface area contributed by atoms with Crippen LogP contribution >= 0.6 is 23.2 Å². The van der Waals surface area contributed by atoms with E-state index in [4.69, 9.17) is 28.9 Å². The van der Waals surface area contributed by atoms with Crippen molar-refractivity contribution in [2.24, 2.45) is 5.73 Å². The number of hydrogen-bond donors (Lipinski definition) is 1. The molecule has 0 amide bonds. The zero-order valence-corrected chi connectivity index (χ0v) is 12.0. The van der Waals surface area contributed by atoms with Crippen molar-refractivity contribution in [3.05, 3.63) is 69.0 Å². The first-order valence-electron chi connectivity index (χ1n) is 5.93. The van der Waals surface area contributed by atoms with Gasteiger partial charge in [-0.05, 0) is 42.7 Å². The first kappa shape index (κ1) is 14.3. The molecule has 2 aromatic carbocycles. The van der Waals surface area contributed by atoms with Crippen LogP contribution in [-0.4, -0.2) is 0 Å². The van der Waals surface area contributed by atoms with Crippen molar-refractivity contribution in [2.45, 2.75) is 19.4 Å². The van der Waals surface area contributed by atoms with E-state index in [1.54, 1.807) is 18.2 Å². The van der Waals surface area contributed by atoms with Crippen molar-refractivity contribution >= 4 is 23.2 Å². The Hall–Kier alpha value is -1.09. The SMILES string of the molecule is Cc1cc(C(N)Cc2c(F)cccc2Cl)ccc1Cl. The van der Waals surface area contributed by atoms with Crippen molar-refractivity contribution in [1.29, 1.82) is 0 Å². The second-order valence-electron chi connectivity index (χ2n) is 4.52. The zero-order valence-electron chi connectivity index (χ0n) is 10.5. The zero-order chi connectivity index (χ0) is 14.0. The maximum Gasteiger partial charge on any atom is 0.127 e. The van der Waals surface area contributed by atoms with Gasteiger partial charge in [0.25, 0.3) is 0 Å². The molecule has 0 saturated heterocycles. The third-order valence-corrected chi connectivity index (χ3v) is 3.87. The van der Waals surface area contributed by atoms with Crippen LogP contribution < -0.4 is 5.73 Å². The monoisotopic (exact) mass is 297 g/mol. The van der Waals surface area contributed by atoms with Crippen LogP contribution in [0.4, 0.5) is 4.39 Å². The molecule has 0 heterocycles. The molecule has 0 saturated carbocycles. The summed E-state index contributed by atoms with van der Waals surface area (Å²) < 4.78 is 13.7. The highest BCUT2D eigenvalue weighted by molar-refractivity contribution is 6.31. The van der Waals surface area contributed by atoms with Crippen LogP contribution in [0.1, 0.15) is 22.7 Å². The lowest BCUT2D eigenvalue weighted by Crippen LogP contribution is -2.14. The lowest BCUT2D eigenvalue weighted by atomic mass is 9.98. The highest BCUT2D eigenvalue weighted by Crippen LogP contribution is 2.26. The van der Waals surface area contributed by atoms with Gasteiger partial charge in [0.15, 0.2) is 0 Å². The van der Waals surface area contributed by atoms with Crippen molar-refractivity contribution in [2.75, 3.05) is 0 Å². The van der Waals surface area contributed by atoms with Crippen LogP contribution in [0, 0.1) is 12.7 Å². The van der Waals surface area contributed by atoms with E-state index in [0.29, 0.717) is 22.0 Å². The Morgan fingerprint density at radius 3 is 2.53 bits per heavy atom. The van der Waals surface area contributed by atoms with Gasteiger partial charge in [0.2, 0.25) is 0 Å². The molecule has 2 rings (SSSR count). The normalized spacial score (nSPS) is 12.5. The van der Waals surface area contributed by atoms with E-state index in [2.05, 4.69) is 0 Å². The number of halogens is 3. The number of aryl methyl sites for hydroxylation is 1. The van der Waals surface area contributed by atoms with Gasteiger partial charge in [-0.15, -0.1) is 0 Å². The molecule has 1 atom stereocenters. The van der Waals surface area contributed by atoms with Gasteiger partial charge in [0.05, 0.1) is 0 Å². The lowest BCUT2D eigenvalue weighted by Gasteiger charge is -2.15. The molecular weight excluding hydrogens is 284 g/mol. The Bertz CT molecular complexity index is 578. The summed E-state index contributed by atoms with van der Waals surface area (Å²) in [5.41, 5.74) is 8.43. The number of nitrogens with two attached hydrogens (primary N) is 1. The summed E-state index contributed by atoms with van der Waals surface area (Å²) in [6.07, 6.45) is 0.354. The summed E-state index contributed by atoms with van der Waals surface area (Å²) in [5.74, 6) is -0.325. The van der Waals surface area contributed by atoms with Gasteiger partial charge in [-0.2, -0.15) is 0 Å². The quantitative estimate of drug-likeness (QED) is 0.874. The van der Waals surface area contributed by atoms with E-state index in [-0.39, 0.29) is 11.9 Å². The highest BCUT2D eigenvalue weighted by Gasteiger charge is 2.14. The second-order valence-corrected chi connectivity index (χ2v) is 5.33. The minimum Gasteiger partial charge on any atom is -0.324 e. The summed E-state index contributed by atoms with van der Waals surface area (Å²) in [5, 5.41) is 1.10. The lowest BCUT2D eigenvalue weighted by molar-refractivity contribution is 0.593. The molecule has 4 heteroatoms. The predicted octanol–water partition coefficient (Wildman–Crippen LogP) is 4.68. The molecule has 2 N–H and O–H groups in total. The average Bonchev–Trinajstić information content (AvgIpc) is 2.37. The minimum atomic E-state index is -0.325. The molecule has 0 bridgehead atoms. The Morgan fingerprint density at radius 1 is 1.16 bits per heavy atom. The van der Waals surface area contributed by atoms with Crippen LogP contribution in [0.15, 0.2) is 36.4 Å². The molecule has 2 aromatic rings. The van der Waals surface area contributed by atoms with E-state index in [9.17, 15) is 4.39 Å². The van der Waals surface area contributed by atoms with Crippen LogP contribution in [0.5, 0.6) is 0 Å². The van der Waals surface area contributed by atoms with E-state index in [1.165, 1.54) is 6.07 Å². The second kappa shape index (κ2) is 5.91. The Balaban J connectivity index is 2.25. The number of rotatable bonds is 3. The summed E-state index contributed by atoms with van der Waals surface area (Å²) >= 11 is 12.0.